The van der Waals surface area contributed by atoms with Crippen molar-refractivity contribution >= 4 is 5.69 Å². The molecule has 1 heterocycles. The van der Waals surface area contributed by atoms with Crippen molar-refractivity contribution in [1.82, 2.24) is 0 Å². The summed E-state index contributed by atoms with van der Waals surface area (Å²) in [6.07, 6.45) is 1.56. The Kier molecular flexibility index (Phi) is 4.19. The average Bonchev–Trinajstić information content (AvgIpc) is 2.38. The van der Waals surface area contributed by atoms with E-state index < -0.39 is 0 Å². The second-order valence-corrected chi connectivity index (χ2v) is 5.05. The van der Waals surface area contributed by atoms with Crippen molar-refractivity contribution in [3.05, 3.63) is 29.6 Å². The van der Waals surface area contributed by atoms with Gasteiger partial charge in [0.25, 0.3) is 0 Å². The lowest BCUT2D eigenvalue weighted by Gasteiger charge is -2.35. The van der Waals surface area contributed by atoms with Gasteiger partial charge in [-0.3, -0.25) is 0 Å². The first-order valence-electron chi connectivity index (χ1n) is 6.53. The molecule has 0 aromatic heterocycles. The monoisotopic (exact) mass is 252 g/mol. The second-order valence-electron chi connectivity index (χ2n) is 5.05. The molecule has 1 unspecified atom stereocenters. The number of halogens is 1. The molecule has 2 rings (SSSR count). The third-order valence-corrected chi connectivity index (χ3v) is 3.81. The lowest BCUT2D eigenvalue weighted by Crippen LogP contribution is -2.37. The third kappa shape index (κ3) is 2.82. The Hall–Kier alpha value is -1.13. The fourth-order valence-corrected chi connectivity index (χ4v) is 2.56. The molecule has 1 fully saturated rings. The van der Waals surface area contributed by atoms with Crippen LogP contribution in [-0.2, 0) is 6.54 Å². The lowest BCUT2D eigenvalue weighted by molar-refractivity contribution is 0.110. The highest BCUT2D eigenvalue weighted by atomic mass is 19.1. The molecule has 0 spiro atoms. The van der Waals surface area contributed by atoms with Gasteiger partial charge >= 0.3 is 0 Å². The Balaban J connectivity index is 2.05. The number of nitrogens with zero attached hydrogens (tertiary/aromatic N) is 1. The van der Waals surface area contributed by atoms with Crippen LogP contribution in [0.3, 0.4) is 0 Å². The normalized spacial score (nSPS) is 19.0. The standard InChI is InChI=1S/C14H21FN2O/c1-10(18)12-4-6-17(7-5-12)14-3-2-11(9-16)8-13(14)15/h2-3,8,10,12,18H,4-7,9,16H2,1H3. The Morgan fingerprint density at radius 1 is 1.44 bits per heavy atom. The van der Waals surface area contributed by atoms with Gasteiger partial charge < -0.3 is 15.7 Å². The number of rotatable bonds is 3. The van der Waals surface area contributed by atoms with E-state index in [1.807, 2.05) is 13.0 Å². The van der Waals surface area contributed by atoms with Crippen LogP contribution in [0.15, 0.2) is 18.2 Å². The molecule has 0 aliphatic carbocycles. The van der Waals surface area contributed by atoms with E-state index >= 15 is 0 Å². The second kappa shape index (κ2) is 5.67. The molecule has 3 nitrogen and oxygen atoms in total. The van der Waals surface area contributed by atoms with E-state index in [0.29, 0.717) is 18.2 Å². The van der Waals surface area contributed by atoms with Crippen LogP contribution in [0.25, 0.3) is 0 Å². The fourth-order valence-electron chi connectivity index (χ4n) is 2.56. The largest absolute Gasteiger partial charge is 0.393 e. The zero-order chi connectivity index (χ0) is 13.1. The molecule has 1 aromatic rings. The zero-order valence-electron chi connectivity index (χ0n) is 10.8. The maximum absolute atomic E-state index is 13.9. The number of aliphatic hydroxyl groups is 1. The molecule has 0 amide bonds. The minimum atomic E-state index is -0.267. The molecular formula is C14H21FN2O. The third-order valence-electron chi connectivity index (χ3n) is 3.81. The Bertz CT molecular complexity index is 401. The summed E-state index contributed by atoms with van der Waals surface area (Å²) in [5.74, 6) is 0.140. The number of piperidine rings is 1. The molecule has 1 aromatic carbocycles. The highest BCUT2D eigenvalue weighted by Gasteiger charge is 2.24. The van der Waals surface area contributed by atoms with Crippen LogP contribution >= 0.6 is 0 Å². The molecule has 1 saturated heterocycles. The van der Waals surface area contributed by atoms with Crippen molar-refractivity contribution in [1.29, 1.82) is 0 Å². The maximum atomic E-state index is 13.9. The van der Waals surface area contributed by atoms with Crippen molar-refractivity contribution in [2.75, 3.05) is 18.0 Å². The van der Waals surface area contributed by atoms with Gasteiger partial charge in [-0.05, 0) is 43.4 Å². The lowest BCUT2D eigenvalue weighted by atomic mass is 9.92. The van der Waals surface area contributed by atoms with E-state index in [0.717, 1.165) is 31.5 Å². The first-order valence-corrected chi connectivity index (χ1v) is 6.53. The van der Waals surface area contributed by atoms with Gasteiger partial charge in [-0.15, -0.1) is 0 Å². The van der Waals surface area contributed by atoms with Crippen LogP contribution in [0, 0.1) is 11.7 Å². The van der Waals surface area contributed by atoms with Crippen LogP contribution in [0.4, 0.5) is 10.1 Å². The SMILES string of the molecule is CC(O)C1CCN(c2ccc(CN)cc2F)CC1. The van der Waals surface area contributed by atoms with E-state index in [9.17, 15) is 9.50 Å². The predicted octanol–water partition coefficient (Wildman–Crippen LogP) is 1.88. The van der Waals surface area contributed by atoms with Gasteiger partial charge in [0.2, 0.25) is 0 Å². The molecule has 1 aliphatic heterocycles. The highest BCUT2D eigenvalue weighted by Crippen LogP contribution is 2.27. The summed E-state index contributed by atoms with van der Waals surface area (Å²) < 4.78 is 13.9. The van der Waals surface area contributed by atoms with Gasteiger partial charge in [-0.2, -0.15) is 0 Å². The summed E-state index contributed by atoms with van der Waals surface area (Å²) in [4.78, 5) is 2.05. The van der Waals surface area contributed by atoms with Crippen molar-refractivity contribution in [3.63, 3.8) is 0 Å². The summed E-state index contributed by atoms with van der Waals surface area (Å²) >= 11 is 0. The molecular weight excluding hydrogens is 231 g/mol. The Labute approximate surface area is 107 Å². The number of nitrogens with two attached hydrogens (primary N) is 1. The van der Waals surface area contributed by atoms with E-state index in [-0.39, 0.29) is 11.9 Å². The number of benzene rings is 1. The first-order chi connectivity index (χ1) is 8.61. The summed E-state index contributed by atoms with van der Waals surface area (Å²) in [6.45, 7) is 3.79. The van der Waals surface area contributed by atoms with Crippen molar-refractivity contribution in [2.24, 2.45) is 11.7 Å². The van der Waals surface area contributed by atoms with Gasteiger partial charge in [0.15, 0.2) is 0 Å². The molecule has 0 saturated carbocycles. The molecule has 4 heteroatoms. The van der Waals surface area contributed by atoms with Crippen molar-refractivity contribution < 1.29 is 9.50 Å². The number of anilines is 1. The summed E-state index contributed by atoms with van der Waals surface area (Å²) in [6, 6.07) is 5.19. The molecule has 1 aliphatic rings. The smallest absolute Gasteiger partial charge is 0.146 e. The first kappa shape index (κ1) is 13.3. The maximum Gasteiger partial charge on any atom is 0.146 e. The van der Waals surface area contributed by atoms with Crippen LogP contribution in [-0.4, -0.2) is 24.3 Å². The molecule has 3 N–H and O–H groups in total. The van der Waals surface area contributed by atoms with Crippen LogP contribution in [0.5, 0.6) is 0 Å². The topological polar surface area (TPSA) is 49.5 Å². The van der Waals surface area contributed by atoms with Gasteiger partial charge in [0.1, 0.15) is 5.82 Å². The Morgan fingerprint density at radius 3 is 2.61 bits per heavy atom. The van der Waals surface area contributed by atoms with Crippen molar-refractivity contribution in [2.45, 2.75) is 32.4 Å². The number of hydrogen-bond acceptors (Lipinski definition) is 3. The van der Waals surface area contributed by atoms with E-state index in [2.05, 4.69) is 4.90 Å². The number of hydrogen-bond donors (Lipinski definition) is 2. The summed E-state index contributed by atoms with van der Waals surface area (Å²) in [7, 11) is 0. The quantitative estimate of drug-likeness (QED) is 0.863. The Morgan fingerprint density at radius 2 is 2.11 bits per heavy atom. The molecule has 18 heavy (non-hydrogen) atoms. The minimum Gasteiger partial charge on any atom is -0.393 e. The van der Waals surface area contributed by atoms with Gasteiger partial charge in [0, 0.05) is 19.6 Å². The minimum absolute atomic E-state index is 0.201. The fraction of sp³-hybridized carbons (Fsp3) is 0.571. The van der Waals surface area contributed by atoms with Crippen molar-refractivity contribution in [3.8, 4) is 0 Å². The van der Waals surface area contributed by atoms with Crippen LogP contribution in [0.2, 0.25) is 0 Å². The van der Waals surface area contributed by atoms with Gasteiger partial charge in [-0.1, -0.05) is 6.07 Å². The predicted molar refractivity (Wildman–Crippen MR) is 70.9 cm³/mol. The molecule has 1 atom stereocenters. The average molecular weight is 252 g/mol. The summed E-state index contributed by atoms with van der Waals surface area (Å²) in [5.41, 5.74) is 6.95. The zero-order valence-corrected chi connectivity index (χ0v) is 10.8. The van der Waals surface area contributed by atoms with Gasteiger partial charge in [0.05, 0.1) is 11.8 Å². The summed E-state index contributed by atoms with van der Waals surface area (Å²) in [5, 5.41) is 9.55. The van der Waals surface area contributed by atoms with E-state index in [1.165, 1.54) is 6.07 Å². The molecule has 0 bridgehead atoms. The van der Waals surface area contributed by atoms with E-state index in [1.54, 1.807) is 6.07 Å². The van der Waals surface area contributed by atoms with Crippen LogP contribution in [0.1, 0.15) is 25.3 Å². The van der Waals surface area contributed by atoms with Gasteiger partial charge in [-0.25, -0.2) is 4.39 Å². The molecule has 100 valence electrons. The highest BCUT2D eigenvalue weighted by molar-refractivity contribution is 5.49. The molecule has 0 radical (unpaired) electrons. The van der Waals surface area contributed by atoms with Crippen LogP contribution < -0.4 is 10.6 Å². The van der Waals surface area contributed by atoms with E-state index in [4.69, 9.17) is 5.73 Å². The number of aliphatic hydroxyl groups excluding tert-OH is 1.